The standard InChI is InChI=1S/C16H25N3O3S/c1-15(2,3)11-6-12(21)19-7-10(8-23-14(19)17-11)13(22)18-16(4,5)9-20/h6,10,20H,7-9H2,1-5H3,(H,18,22). The molecule has 0 radical (unpaired) electrons. The van der Waals surface area contributed by atoms with Crippen molar-refractivity contribution in [1.29, 1.82) is 0 Å². The van der Waals surface area contributed by atoms with E-state index in [0.29, 0.717) is 17.5 Å². The highest BCUT2D eigenvalue weighted by atomic mass is 32.2. The minimum Gasteiger partial charge on any atom is -0.394 e. The number of carbonyl (C=O) groups is 1. The minimum absolute atomic E-state index is 0.119. The Kier molecular flexibility index (Phi) is 4.92. The largest absolute Gasteiger partial charge is 0.394 e. The zero-order chi connectivity index (χ0) is 17.4. The second-order valence-electron chi connectivity index (χ2n) is 7.66. The molecule has 0 aromatic carbocycles. The third kappa shape index (κ3) is 4.14. The van der Waals surface area contributed by atoms with Crippen LogP contribution < -0.4 is 10.9 Å². The number of rotatable bonds is 3. The highest BCUT2D eigenvalue weighted by molar-refractivity contribution is 7.99. The first kappa shape index (κ1) is 18.0. The predicted octanol–water partition coefficient (Wildman–Crippen LogP) is 1.15. The van der Waals surface area contributed by atoms with E-state index >= 15 is 0 Å². The van der Waals surface area contributed by atoms with E-state index in [0.717, 1.165) is 5.69 Å². The average Bonchev–Trinajstić information content (AvgIpc) is 2.45. The van der Waals surface area contributed by atoms with Crippen LogP contribution in [0.4, 0.5) is 0 Å². The molecule has 1 atom stereocenters. The summed E-state index contributed by atoms with van der Waals surface area (Å²) in [6.07, 6.45) is 0. The molecule has 1 aliphatic heterocycles. The summed E-state index contributed by atoms with van der Waals surface area (Å²) in [6, 6.07) is 1.56. The summed E-state index contributed by atoms with van der Waals surface area (Å²) < 4.78 is 1.57. The molecule has 0 spiro atoms. The van der Waals surface area contributed by atoms with E-state index in [2.05, 4.69) is 10.3 Å². The maximum atomic E-state index is 12.4. The number of aromatic nitrogens is 2. The van der Waals surface area contributed by atoms with Crippen LogP contribution in [0.5, 0.6) is 0 Å². The zero-order valence-electron chi connectivity index (χ0n) is 14.3. The van der Waals surface area contributed by atoms with Crippen molar-refractivity contribution in [3.8, 4) is 0 Å². The van der Waals surface area contributed by atoms with Crippen molar-refractivity contribution in [2.45, 2.75) is 57.3 Å². The first-order valence-electron chi connectivity index (χ1n) is 7.71. The quantitative estimate of drug-likeness (QED) is 0.807. The third-order valence-electron chi connectivity index (χ3n) is 3.79. The van der Waals surface area contributed by atoms with E-state index in [-0.39, 0.29) is 29.4 Å². The second kappa shape index (κ2) is 6.28. The number of carbonyl (C=O) groups excluding carboxylic acids is 1. The molecule has 2 rings (SSSR count). The van der Waals surface area contributed by atoms with Gasteiger partial charge in [0.25, 0.3) is 5.56 Å². The molecular weight excluding hydrogens is 314 g/mol. The predicted molar refractivity (Wildman–Crippen MR) is 90.7 cm³/mol. The fourth-order valence-corrected chi connectivity index (χ4v) is 3.32. The number of nitrogens with one attached hydrogen (secondary N) is 1. The van der Waals surface area contributed by atoms with Crippen molar-refractivity contribution in [2.75, 3.05) is 12.4 Å². The summed E-state index contributed by atoms with van der Waals surface area (Å²) in [5.74, 6) is 0.125. The lowest BCUT2D eigenvalue weighted by molar-refractivity contribution is -0.127. The smallest absolute Gasteiger partial charge is 0.254 e. The number of hydrogen-bond acceptors (Lipinski definition) is 5. The van der Waals surface area contributed by atoms with Crippen LogP contribution in [-0.2, 0) is 16.8 Å². The fraction of sp³-hybridized carbons (Fsp3) is 0.688. The van der Waals surface area contributed by atoms with Crippen LogP contribution in [0.15, 0.2) is 16.0 Å². The Morgan fingerprint density at radius 3 is 2.65 bits per heavy atom. The maximum absolute atomic E-state index is 12.4. The number of aliphatic hydroxyl groups is 1. The van der Waals surface area contributed by atoms with Gasteiger partial charge in [-0.1, -0.05) is 32.5 Å². The lowest BCUT2D eigenvalue weighted by Gasteiger charge is -2.30. The monoisotopic (exact) mass is 339 g/mol. The van der Waals surface area contributed by atoms with Crippen LogP contribution in [-0.4, -0.2) is 38.5 Å². The normalized spacial score (nSPS) is 18.4. The van der Waals surface area contributed by atoms with Crippen LogP contribution in [0, 0.1) is 5.92 Å². The topological polar surface area (TPSA) is 84.2 Å². The molecule has 1 aliphatic rings. The summed E-state index contributed by atoms with van der Waals surface area (Å²) >= 11 is 1.43. The van der Waals surface area contributed by atoms with Gasteiger partial charge in [0.05, 0.1) is 23.8 Å². The van der Waals surface area contributed by atoms with Gasteiger partial charge < -0.3 is 10.4 Å². The molecular formula is C16H25N3O3S. The van der Waals surface area contributed by atoms with Crippen LogP contribution >= 0.6 is 11.8 Å². The first-order valence-corrected chi connectivity index (χ1v) is 8.70. The summed E-state index contributed by atoms with van der Waals surface area (Å²) in [5, 5.41) is 12.8. The van der Waals surface area contributed by atoms with Crippen molar-refractivity contribution in [1.82, 2.24) is 14.9 Å². The minimum atomic E-state index is -0.665. The Hall–Kier alpha value is -1.34. The number of amides is 1. The molecule has 7 heteroatoms. The Bertz CT molecular complexity index is 662. The van der Waals surface area contributed by atoms with E-state index in [1.807, 2.05) is 20.8 Å². The molecule has 1 unspecified atom stereocenters. The number of aliphatic hydroxyl groups excluding tert-OH is 1. The molecule has 2 heterocycles. The maximum Gasteiger partial charge on any atom is 0.254 e. The van der Waals surface area contributed by atoms with E-state index in [9.17, 15) is 14.7 Å². The lowest BCUT2D eigenvalue weighted by atomic mass is 9.92. The average molecular weight is 339 g/mol. The first-order chi connectivity index (χ1) is 10.5. The number of hydrogen-bond donors (Lipinski definition) is 2. The molecule has 0 saturated heterocycles. The van der Waals surface area contributed by atoms with Gasteiger partial charge in [0, 0.05) is 23.8 Å². The van der Waals surface area contributed by atoms with Crippen molar-refractivity contribution < 1.29 is 9.90 Å². The van der Waals surface area contributed by atoms with Gasteiger partial charge in [-0.2, -0.15) is 0 Å². The Morgan fingerprint density at radius 1 is 1.43 bits per heavy atom. The number of nitrogens with zero attached hydrogens (tertiary/aromatic N) is 2. The van der Waals surface area contributed by atoms with Crippen molar-refractivity contribution in [3.05, 3.63) is 22.1 Å². The Morgan fingerprint density at radius 2 is 2.09 bits per heavy atom. The van der Waals surface area contributed by atoms with Crippen LogP contribution in [0.2, 0.25) is 0 Å². The summed E-state index contributed by atoms with van der Waals surface area (Å²) in [5.41, 5.74) is -0.201. The van der Waals surface area contributed by atoms with E-state index < -0.39 is 5.54 Å². The lowest BCUT2D eigenvalue weighted by Crippen LogP contribution is -2.50. The van der Waals surface area contributed by atoms with Crippen LogP contribution in [0.25, 0.3) is 0 Å². The van der Waals surface area contributed by atoms with E-state index in [1.165, 1.54) is 11.8 Å². The molecule has 1 amide bonds. The SMILES string of the molecule is CC(C)(CO)NC(=O)C1CSc2nc(C(C)(C)C)cc(=O)n2C1. The van der Waals surface area contributed by atoms with Gasteiger partial charge in [-0.05, 0) is 13.8 Å². The molecule has 23 heavy (non-hydrogen) atoms. The molecule has 0 aliphatic carbocycles. The van der Waals surface area contributed by atoms with Crippen molar-refractivity contribution in [3.63, 3.8) is 0 Å². The molecule has 128 valence electrons. The van der Waals surface area contributed by atoms with Crippen molar-refractivity contribution >= 4 is 17.7 Å². The molecule has 6 nitrogen and oxygen atoms in total. The number of thioether (sulfide) groups is 1. The molecule has 0 saturated carbocycles. The zero-order valence-corrected chi connectivity index (χ0v) is 15.2. The molecule has 2 N–H and O–H groups in total. The van der Waals surface area contributed by atoms with Gasteiger partial charge in [0.2, 0.25) is 5.91 Å². The van der Waals surface area contributed by atoms with Gasteiger partial charge in [-0.15, -0.1) is 0 Å². The molecule has 1 aromatic rings. The highest BCUT2D eigenvalue weighted by Crippen LogP contribution is 2.28. The van der Waals surface area contributed by atoms with Gasteiger partial charge in [-0.25, -0.2) is 4.98 Å². The fourth-order valence-electron chi connectivity index (χ4n) is 2.23. The Labute approximate surface area is 140 Å². The molecule has 0 bridgehead atoms. The van der Waals surface area contributed by atoms with Gasteiger partial charge in [-0.3, -0.25) is 14.2 Å². The molecule has 0 fully saturated rings. The summed E-state index contributed by atoms with van der Waals surface area (Å²) in [7, 11) is 0. The summed E-state index contributed by atoms with van der Waals surface area (Å²) in [6.45, 7) is 9.78. The van der Waals surface area contributed by atoms with Crippen molar-refractivity contribution in [2.24, 2.45) is 5.92 Å². The highest BCUT2D eigenvalue weighted by Gasteiger charge is 2.31. The van der Waals surface area contributed by atoms with E-state index in [4.69, 9.17) is 0 Å². The van der Waals surface area contributed by atoms with Crippen LogP contribution in [0.3, 0.4) is 0 Å². The van der Waals surface area contributed by atoms with Gasteiger partial charge in [0.1, 0.15) is 0 Å². The Balaban J connectivity index is 2.22. The molecule has 1 aromatic heterocycles. The van der Waals surface area contributed by atoms with E-state index in [1.54, 1.807) is 24.5 Å². The van der Waals surface area contributed by atoms with Gasteiger partial charge in [0.15, 0.2) is 5.16 Å². The van der Waals surface area contributed by atoms with Gasteiger partial charge >= 0.3 is 0 Å². The van der Waals surface area contributed by atoms with Crippen LogP contribution in [0.1, 0.15) is 40.3 Å². The summed E-state index contributed by atoms with van der Waals surface area (Å²) in [4.78, 5) is 29.3. The third-order valence-corrected chi connectivity index (χ3v) is 4.92. The second-order valence-corrected chi connectivity index (χ2v) is 8.65. The number of fused-ring (bicyclic) bond motifs is 1.